The Hall–Kier alpha value is -3.22. The van der Waals surface area contributed by atoms with Crippen LogP contribution in [0.4, 0.5) is 14.5 Å². The lowest BCUT2D eigenvalue weighted by molar-refractivity contribution is 0.102. The van der Waals surface area contributed by atoms with Crippen LogP contribution in [0.2, 0.25) is 0 Å². The van der Waals surface area contributed by atoms with Gasteiger partial charge in [-0.2, -0.15) is 0 Å². The van der Waals surface area contributed by atoms with E-state index in [2.05, 4.69) is 5.32 Å². The van der Waals surface area contributed by atoms with Crippen molar-refractivity contribution in [1.82, 2.24) is 0 Å². The molecule has 7 heteroatoms. The number of rotatable bonds is 3. The number of ether oxygens (including phenoxy) is 1. The standard InChI is InChI=1S/C17H11F2NO4/c1-23-14-4-2-3-9-7-11(17(22)24-15(9)14)16(21)20-13-6-5-10(18)8-12(13)19/h2-8H,1H3,(H,20,21). The summed E-state index contributed by atoms with van der Waals surface area (Å²) >= 11 is 0. The Morgan fingerprint density at radius 3 is 2.67 bits per heavy atom. The summed E-state index contributed by atoms with van der Waals surface area (Å²) in [5.74, 6) is -2.24. The number of carbonyl (C=O) groups excluding carboxylic acids is 1. The van der Waals surface area contributed by atoms with Gasteiger partial charge in [-0.25, -0.2) is 13.6 Å². The molecule has 5 nitrogen and oxygen atoms in total. The largest absolute Gasteiger partial charge is 0.493 e. The van der Waals surface area contributed by atoms with E-state index in [1.54, 1.807) is 18.2 Å². The predicted octanol–water partition coefficient (Wildman–Crippen LogP) is 3.33. The van der Waals surface area contributed by atoms with E-state index in [-0.39, 0.29) is 16.8 Å². The monoisotopic (exact) mass is 331 g/mol. The lowest BCUT2D eigenvalue weighted by Crippen LogP contribution is -2.21. The fourth-order valence-electron chi connectivity index (χ4n) is 2.22. The maximum absolute atomic E-state index is 13.6. The van der Waals surface area contributed by atoms with E-state index in [1.807, 2.05) is 0 Å². The van der Waals surface area contributed by atoms with Crippen LogP contribution in [0.15, 0.2) is 51.7 Å². The van der Waals surface area contributed by atoms with Crippen LogP contribution in [-0.2, 0) is 0 Å². The van der Waals surface area contributed by atoms with Crippen LogP contribution in [-0.4, -0.2) is 13.0 Å². The SMILES string of the molecule is COc1cccc2cc(C(=O)Nc3ccc(F)cc3F)c(=O)oc12. The second-order valence-corrected chi connectivity index (χ2v) is 4.90. The summed E-state index contributed by atoms with van der Waals surface area (Å²) in [5.41, 5.74) is -1.24. The quantitative estimate of drug-likeness (QED) is 0.748. The van der Waals surface area contributed by atoms with E-state index in [1.165, 1.54) is 13.2 Å². The van der Waals surface area contributed by atoms with Gasteiger partial charge in [0.05, 0.1) is 12.8 Å². The number of anilines is 1. The molecule has 0 fully saturated rings. The Morgan fingerprint density at radius 2 is 1.96 bits per heavy atom. The first kappa shape index (κ1) is 15.7. The lowest BCUT2D eigenvalue weighted by Gasteiger charge is -2.07. The number of hydrogen-bond donors (Lipinski definition) is 1. The van der Waals surface area contributed by atoms with E-state index >= 15 is 0 Å². The van der Waals surface area contributed by atoms with Crippen molar-refractivity contribution in [1.29, 1.82) is 0 Å². The minimum atomic E-state index is -0.949. The normalized spacial score (nSPS) is 10.6. The molecule has 122 valence electrons. The van der Waals surface area contributed by atoms with Crippen molar-refractivity contribution in [3.05, 3.63) is 70.1 Å². The predicted molar refractivity (Wildman–Crippen MR) is 83.3 cm³/mol. The molecular formula is C17H11F2NO4. The van der Waals surface area contributed by atoms with Gasteiger partial charge in [0.25, 0.3) is 5.91 Å². The van der Waals surface area contributed by atoms with Crippen molar-refractivity contribution in [2.45, 2.75) is 0 Å². The molecule has 0 aliphatic rings. The highest BCUT2D eigenvalue weighted by molar-refractivity contribution is 6.05. The number of benzene rings is 2. The molecule has 0 atom stereocenters. The van der Waals surface area contributed by atoms with E-state index < -0.39 is 23.2 Å². The zero-order chi connectivity index (χ0) is 17.3. The van der Waals surface area contributed by atoms with Crippen molar-refractivity contribution in [2.75, 3.05) is 12.4 Å². The first-order valence-electron chi connectivity index (χ1n) is 6.87. The average Bonchev–Trinajstić information content (AvgIpc) is 2.56. The molecule has 3 aromatic rings. The highest BCUT2D eigenvalue weighted by atomic mass is 19.1. The molecule has 1 N–H and O–H groups in total. The van der Waals surface area contributed by atoms with Crippen molar-refractivity contribution in [2.24, 2.45) is 0 Å². The number of carbonyl (C=O) groups is 1. The molecule has 24 heavy (non-hydrogen) atoms. The summed E-state index contributed by atoms with van der Waals surface area (Å²) in [6.07, 6.45) is 0. The van der Waals surface area contributed by atoms with Gasteiger partial charge in [-0.15, -0.1) is 0 Å². The third-order valence-electron chi connectivity index (χ3n) is 3.37. The van der Waals surface area contributed by atoms with E-state index in [0.29, 0.717) is 17.2 Å². The van der Waals surface area contributed by atoms with Gasteiger partial charge in [0, 0.05) is 11.5 Å². The molecule has 0 aliphatic heterocycles. The van der Waals surface area contributed by atoms with Crippen LogP contribution < -0.4 is 15.7 Å². The highest BCUT2D eigenvalue weighted by Gasteiger charge is 2.17. The van der Waals surface area contributed by atoms with Crippen LogP contribution in [0.1, 0.15) is 10.4 Å². The summed E-state index contributed by atoms with van der Waals surface area (Å²) in [4.78, 5) is 24.2. The molecule has 1 aromatic heterocycles. The first-order chi connectivity index (χ1) is 11.5. The molecule has 0 spiro atoms. The second kappa shape index (κ2) is 6.11. The molecular weight excluding hydrogens is 320 g/mol. The topological polar surface area (TPSA) is 68.5 Å². The summed E-state index contributed by atoms with van der Waals surface area (Å²) in [7, 11) is 1.42. The number of hydrogen-bond acceptors (Lipinski definition) is 4. The Labute approximate surface area is 134 Å². The smallest absolute Gasteiger partial charge is 0.349 e. The molecule has 0 bridgehead atoms. The van der Waals surface area contributed by atoms with E-state index in [0.717, 1.165) is 12.1 Å². The number of para-hydroxylation sites is 1. The van der Waals surface area contributed by atoms with Gasteiger partial charge in [0.1, 0.15) is 17.2 Å². The summed E-state index contributed by atoms with van der Waals surface area (Å²) < 4.78 is 36.7. The summed E-state index contributed by atoms with van der Waals surface area (Å²) in [6.45, 7) is 0. The Kier molecular flexibility index (Phi) is 3.99. The van der Waals surface area contributed by atoms with Crippen LogP contribution in [0.3, 0.4) is 0 Å². The zero-order valence-corrected chi connectivity index (χ0v) is 12.4. The van der Waals surface area contributed by atoms with Gasteiger partial charge in [0.15, 0.2) is 11.3 Å². The average molecular weight is 331 g/mol. The van der Waals surface area contributed by atoms with Gasteiger partial charge in [-0.1, -0.05) is 12.1 Å². The maximum Gasteiger partial charge on any atom is 0.349 e. The fourth-order valence-corrected chi connectivity index (χ4v) is 2.22. The van der Waals surface area contributed by atoms with Gasteiger partial charge in [-0.3, -0.25) is 4.79 Å². The second-order valence-electron chi connectivity index (χ2n) is 4.90. The number of fused-ring (bicyclic) bond motifs is 1. The lowest BCUT2D eigenvalue weighted by atomic mass is 10.1. The van der Waals surface area contributed by atoms with Crippen LogP contribution in [0.5, 0.6) is 5.75 Å². The third kappa shape index (κ3) is 2.83. The fraction of sp³-hybridized carbons (Fsp3) is 0.0588. The van der Waals surface area contributed by atoms with Gasteiger partial charge >= 0.3 is 5.63 Å². The van der Waals surface area contributed by atoms with Gasteiger partial charge in [-0.05, 0) is 24.3 Å². The molecule has 1 heterocycles. The molecule has 2 aromatic carbocycles. The summed E-state index contributed by atoms with van der Waals surface area (Å²) in [5, 5.41) is 2.69. The first-order valence-corrected chi connectivity index (χ1v) is 6.87. The molecule has 0 saturated carbocycles. The molecule has 1 amide bonds. The van der Waals surface area contributed by atoms with Crippen LogP contribution >= 0.6 is 0 Å². The van der Waals surface area contributed by atoms with Crippen molar-refractivity contribution in [3.63, 3.8) is 0 Å². The highest BCUT2D eigenvalue weighted by Crippen LogP contribution is 2.24. The minimum Gasteiger partial charge on any atom is -0.493 e. The van der Waals surface area contributed by atoms with Crippen LogP contribution in [0.25, 0.3) is 11.0 Å². The maximum atomic E-state index is 13.6. The van der Waals surface area contributed by atoms with Gasteiger partial charge < -0.3 is 14.5 Å². The summed E-state index contributed by atoms with van der Waals surface area (Å²) in [6, 6.07) is 8.92. The Morgan fingerprint density at radius 1 is 1.17 bits per heavy atom. The number of nitrogens with one attached hydrogen (secondary N) is 1. The van der Waals surface area contributed by atoms with E-state index in [4.69, 9.17) is 9.15 Å². The zero-order valence-electron chi connectivity index (χ0n) is 12.4. The minimum absolute atomic E-state index is 0.203. The Balaban J connectivity index is 2.01. The molecule has 0 unspecified atom stereocenters. The number of halogens is 2. The third-order valence-corrected chi connectivity index (χ3v) is 3.37. The number of amides is 1. The Bertz CT molecular complexity index is 998. The van der Waals surface area contributed by atoms with Crippen molar-refractivity contribution < 1.29 is 22.7 Å². The van der Waals surface area contributed by atoms with Gasteiger partial charge in [0.2, 0.25) is 0 Å². The van der Waals surface area contributed by atoms with E-state index in [9.17, 15) is 18.4 Å². The van der Waals surface area contributed by atoms with Crippen molar-refractivity contribution in [3.8, 4) is 5.75 Å². The molecule has 0 radical (unpaired) electrons. The molecule has 0 saturated heterocycles. The molecule has 0 aliphatic carbocycles. The van der Waals surface area contributed by atoms with Crippen LogP contribution in [0, 0.1) is 11.6 Å². The van der Waals surface area contributed by atoms with Crippen molar-refractivity contribution >= 4 is 22.6 Å². The molecule has 3 rings (SSSR count). The number of methoxy groups -OCH3 is 1.